The summed E-state index contributed by atoms with van der Waals surface area (Å²) >= 11 is 6.28. The molecule has 9 heteroatoms. The van der Waals surface area contributed by atoms with Gasteiger partial charge in [-0.2, -0.15) is 5.10 Å². The number of nitrogens with zero attached hydrogens (tertiary/aromatic N) is 3. The van der Waals surface area contributed by atoms with Gasteiger partial charge in [-0.3, -0.25) is 9.67 Å². The van der Waals surface area contributed by atoms with Gasteiger partial charge in [0.25, 0.3) is 0 Å². The van der Waals surface area contributed by atoms with Gasteiger partial charge in [-0.15, -0.1) is 0 Å². The summed E-state index contributed by atoms with van der Waals surface area (Å²) < 4.78 is 14.7. The van der Waals surface area contributed by atoms with Gasteiger partial charge in [0.1, 0.15) is 23.6 Å². The van der Waals surface area contributed by atoms with Crippen LogP contribution in [0.15, 0.2) is 67.0 Å². The topological polar surface area (TPSA) is 98.5 Å². The Morgan fingerprint density at radius 2 is 1.94 bits per heavy atom. The fourth-order valence-corrected chi connectivity index (χ4v) is 9.06. The van der Waals surface area contributed by atoms with E-state index < -0.39 is 11.5 Å². The number of aryl methyl sites for hydroxylation is 2. The number of aromatic nitrogens is 3. The summed E-state index contributed by atoms with van der Waals surface area (Å²) in [6.07, 6.45) is 11.5. The third kappa shape index (κ3) is 6.64. The number of hydrogen-bond donors (Lipinski definition) is 2. The number of fused-ring (bicyclic) bond motifs is 3. The number of rotatable bonds is 11. The molecule has 3 aliphatic carbocycles. The van der Waals surface area contributed by atoms with E-state index in [0.29, 0.717) is 48.8 Å². The predicted molar refractivity (Wildman–Crippen MR) is 192 cm³/mol. The van der Waals surface area contributed by atoms with Crippen molar-refractivity contribution in [1.82, 2.24) is 14.8 Å². The standard InChI is InChI=1S/C40H47ClN4O4/c1-26(24-49-36-13-18-42-35-9-4-6-27(2)37(35)36)20-29-21-28-10-11-33(48-25-32-12-19-43-45(32)3)23-34(28)39(29)14-16-40(17-15-39,38(46)47)44-31-8-5-7-30(41)22-31/h5,7-8,10-13,18-19,22-23,26-27,29,44H,4,6,9,14-17,20-21,24-25H2,1-3H3,(H,46,47)/t26-,27-,29?,39?,40?/m1/s1. The van der Waals surface area contributed by atoms with E-state index in [1.54, 1.807) is 18.3 Å². The van der Waals surface area contributed by atoms with E-state index in [0.717, 1.165) is 55.0 Å². The molecule has 258 valence electrons. The second-order valence-corrected chi connectivity index (χ2v) is 15.2. The summed E-state index contributed by atoms with van der Waals surface area (Å²) in [6.45, 7) is 5.65. The fraction of sp³-hybridized carbons (Fsp3) is 0.475. The first-order chi connectivity index (χ1) is 23.7. The van der Waals surface area contributed by atoms with Crippen molar-refractivity contribution >= 4 is 23.3 Å². The minimum Gasteiger partial charge on any atom is -0.493 e. The zero-order valence-corrected chi connectivity index (χ0v) is 29.5. The molecule has 1 saturated carbocycles. The quantitative estimate of drug-likeness (QED) is 0.164. The lowest BCUT2D eigenvalue weighted by Crippen LogP contribution is -2.53. The Kier molecular flexibility index (Phi) is 9.35. The second-order valence-electron chi connectivity index (χ2n) is 14.7. The first-order valence-electron chi connectivity index (χ1n) is 17.8. The molecule has 3 aliphatic rings. The van der Waals surface area contributed by atoms with E-state index >= 15 is 0 Å². The largest absolute Gasteiger partial charge is 0.493 e. The van der Waals surface area contributed by atoms with Crippen molar-refractivity contribution in [3.8, 4) is 11.5 Å². The van der Waals surface area contributed by atoms with Gasteiger partial charge < -0.3 is 19.9 Å². The Balaban J connectivity index is 1.13. The van der Waals surface area contributed by atoms with E-state index in [4.69, 9.17) is 21.1 Å². The minimum atomic E-state index is -1.07. The molecule has 2 N–H and O–H groups in total. The van der Waals surface area contributed by atoms with Gasteiger partial charge in [-0.05, 0) is 135 Å². The number of carboxylic acids is 1. The number of anilines is 1. The van der Waals surface area contributed by atoms with Gasteiger partial charge in [-0.1, -0.05) is 37.6 Å². The van der Waals surface area contributed by atoms with Crippen molar-refractivity contribution in [1.29, 1.82) is 0 Å². The molecule has 49 heavy (non-hydrogen) atoms. The first-order valence-corrected chi connectivity index (χ1v) is 18.1. The van der Waals surface area contributed by atoms with E-state index in [9.17, 15) is 9.90 Å². The molecule has 0 bridgehead atoms. The molecule has 7 rings (SSSR count). The Labute approximate surface area is 294 Å². The maximum atomic E-state index is 13.0. The van der Waals surface area contributed by atoms with Crippen LogP contribution in [-0.2, 0) is 36.7 Å². The number of aliphatic carboxylic acids is 1. The van der Waals surface area contributed by atoms with Gasteiger partial charge in [0, 0.05) is 41.4 Å². The summed E-state index contributed by atoms with van der Waals surface area (Å²) in [7, 11) is 1.92. The molecule has 0 aliphatic heterocycles. The molecule has 0 radical (unpaired) electrons. The van der Waals surface area contributed by atoms with Crippen molar-refractivity contribution in [3.63, 3.8) is 0 Å². The van der Waals surface area contributed by atoms with Crippen LogP contribution in [0.5, 0.6) is 11.5 Å². The summed E-state index contributed by atoms with van der Waals surface area (Å²) in [5.74, 6) is 2.13. The first kappa shape index (κ1) is 33.5. The van der Waals surface area contributed by atoms with Gasteiger partial charge in [0.05, 0.1) is 12.3 Å². The maximum absolute atomic E-state index is 13.0. The van der Waals surface area contributed by atoms with Gasteiger partial charge in [-0.25, -0.2) is 4.79 Å². The second kappa shape index (κ2) is 13.7. The van der Waals surface area contributed by atoms with Gasteiger partial charge in [0.15, 0.2) is 0 Å². The SMILES string of the molecule is C[C@@H](COc1ccnc2c1[C@H](C)CCC2)CC1Cc2ccc(OCc3ccnn3C)cc2C12CCC(Nc1cccc(Cl)c1)(C(=O)O)CC2. The number of carbonyl (C=O) groups is 1. The summed E-state index contributed by atoms with van der Waals surface area (Å²) in [6, 6.07) is 17.9. The lowest BCUT2D eigenvalue weighted by atomic mass is 9.59. The van der Waals surface area contributed by atoms with E-state index in [2.05, 4.69) is 47.4 Å². The highest BCUT2D eigenvalue weighted by molar-refractivity contribution is 6.30. The molecular weight excluding hydrogens is 636 g/mol. The third-order valence-electron chi connectivity index (χ3n) is 11.6. The Bertz CT molecular complexity index is 1810. The van der Waals surface area contributed by atoms with Crippen molar-refractivity contribution < 1.29 is 19.4 Å². The van der Waals surface area contributed by atoms with Crippen LogP contribution in [0.4, 0.5) is 5.69 Å². The van der Waals surface area contributed by atoms with E-state index in [1.165, 1.54) is 35.2 Å². The van der Waals surface area contributed by atoms with Crippen LogP contribution in [0, 0.1) is 11.8 Å². The molecule has 4 aromatic rings. The van der Waals surface area contributed by atoms with E-state index in [1.807, 2.05) is 42.2 Å². The van der Waals surface area contributed by atoms with Crippen molar-refractivity contribution in [2.45, 2.75) is 95.1 Å². The van der Waals surface area contributed by atoms with Crippen molar-refractivity contribution in [2.75, 3.05) is 11.9 Å². The highest BCUT2D eigenvalue weighted by Gasteiger charge is 2.54. The molecule has 0 amide bonds. The average molecular weight is 683 g/mol. The van der Waals surface area contributed by atoms with Crippen molar-refractivity contribution in [2.24, 2.45) is 18.9 Å². The fourth-order valence-electron chi connectivity index (χ4n) is 8.87. The highest BCUT2D eigenvalue weighted by Crippen LogP contribution is 2.57. The summed E-state index contributed by atoms with van der Waals surface area (Å²) in [5.41, 5.74) is 5.64. The molecule has 3 atom stereocenters. The van der Waals surface area contributed by atoms with Crippen LogP contribution in [0.2, 0.25) is 5.02 Å². The number of halogens is 1. The molecule has 1 spiro atoms. The molecule has 1 fully saturated rings. The lowest BCUT2D eigenvalue weighted by molar-refractivity contribution is -0.144. The van der Waals surface area contributed by atoms with Crippen LogP contribution >= 0.6 is 11.6 Å². The number of carboxylic acid groups (broad SMARTS) is 1. The summed E-state index contributed by atoms with van der Waals surface area (Å²) in [5, 5.41) is 18.9. The molecule has 2 aromatic carbocycles. The molecule has 8 nitrogen and oxygen atoms in total. The highest BCUT2D eigenvalue weighted by atomic mass is 35.5. The predicted octanol–water partition coefficient (Wildman–Crippen LogP) is 8.51. The molecule has 1 unspecified atom stereocenters. The van der Waals surface area contributed by atoms with Crippen LogP contribution in [0.25, 0.3) is 0 Å². The summed E-state index contributed by atoms with van der Waals surface area (Å²) in [4.78, 5) is 17.6. The van der Waals surface area contributed by atoms with Crippen molar-refractivity contribution in [3.05, 3.63) is 100 Å². The number of ether oxygens (including phenoxy) is 2. The molecular formula is C40H47ClN4O4. The number of pyridine rings is 1. The third-order valence-corrected chi connectivity index (χ3v) is 11.8. The maximum Gasteiger partial charge on any atom is 0.329 e. The zero-order chi connectivity index (χ0) is 34.2. The average Bonchev–Trinajstić information content (AvgIpc) is 3.63. The Morgan fingerprint density at radius 1 is 1.10 bits per heavy atom. The van der Waals surface area contributed by atoms with E-state index in [-0.39, 0.29) is 5.41 Å². The van der Waals surface area contributed by atoms with Crippen LogP contribution in [0.1, 0.15) is 92.8 Å². The van der Waals surface area contributed by atoms with Gasteiger partial charge in [0.2, 0.25) is 0 Å². The van der Waals surface area contributed by atoms with Crippen LogP contribution in [-0.4, -0.2) is 38.0 Å². The molecule has 0 saturated heterocycles. The van der Waals surface area contributed by atoms with Crippen LogP contribution in [0.3, 0.4) is 0 Å². The smallest absolute Gasteiger partial charge is 0.329 e. The molecule has 2 heterocycles. The zero-order valence-electron chi connectivity index (χ0n) is 28.8. The number of benzene rings is 2. The van der Waals surface area contributed by atoms with Gasteiger partial charge >= 0.3 is 5.97 Å². The Morgan fingerprint density at radius 3 is 2.69 bits per heavy atom. The lowest BCUT2D eigenvalue weighted by Gasteiger charge is -2.47. The number of hydrogen-bond acceptors (Lipinski definition) is 6. The monoisotopic (exact) mass is 682 g/mol. The Hall–Kier alpha value is -4.04. The van der Waals surface area contributed by atoms with Crippen LogP contribution < -0.4 is 14.8 Å². The molecule has 2 aromatic heterocycles. The normalized spacial score (nSPS) is 25.0. The number of nitrogens with one attached hydrogen (secondary N) is 1. The minimum absolute atomic E-state index is 0.158.